The van der Waals surface area contributed by atoms with Gasteiger partial charge in [0.15, 0.2) is 0 Å². The Hall–Kier alpha value is -3.68. The van der Waals surface area contributed by atoms with Gasteiger partial charge in [0, 0.05) is 23.3 Å². The van der Waals surface area contributed by atoms with Crippen LogP contribution in [0.4, 0.5) is 0 Å². The Bertz CT molecular complexity index is 1250. The van der Waals surface area contributed by atoms with E-state index in [9.17, 15) is 58.8 Å². The van der Waals surface area contributed by atoms with Gasteiger partial charge in [-0.3, -0.25) is 0 Å². The van der Waals surface area contributed by atoms with Gasteiger partial charge in [0.1, 0.15) is 0 Å². The fraction of sp³-hybridized carbons (Fsp3) is 0.636. The van der Waals surface area contributed by atoms with Gasteiger partial charge >= 0.3 is 163 Å². The first kappa shape index (κ1) is 70.0. The number of hydrogen-bond donors (Lipinski definition) is 4. The third kappa shape index (κ3) is 63.0. The van der Waals surface area contributed by atoms with E-state index in [1.807, 2.05) is 13.8 Å². The van der Waals surface area contributed by atoms with E-state index in [1.165, 1.54) is 51.4 Å². The third-order valence-electron chi connectivity index (χ3n) is 7.44. The minimum absolute atomic E-state index is 0.0903. The predicted molar refractivity (Wildman–Crippen MR) is 233 cm³/mol. The second-order valence-corrected chi connectivity index (χ2v) is 21.6. The molecule has 0 heterocycles. The van der Waals surface area contributed by atoms with E-state index in [4.69, 9.17) is 20.4 Å². The molecule has 0 saturated carbocycles. The maximum atomic E-state index is 10.3. The quantitative estimate of drug-likeness (QED) is 0.0478. The number of rotatable bonds is 28. The Balaban J connectivity index is -0.000000152. The normalized spacial score (nSPS) is 10.6. The summed E-state index contributed by atoms with van der Waals surface area (Å²) in [5.74, 6) is -10.7. The predicted octanol–water partition coefficient (Wildman–Crippen LogP) is 4.44. The molecule has 0 aromatic heterocycles. The first-order valence-corrected chi connectivity index (χ1v) is 29.2. The topological polar surface area (TPSA) is 310 Å². The SMILES string of the molecule is CC/C(=C/C(=O)O)C(=O)O.CC/C(=C/C(=O)O)C(=O)O.CCCC/C(=C/C(=O)[O-])C(=O)[O-].CCCC/C(=C/C(=O)[O-])C(=O)[O-].CCC[CH2][Sn+2][CH2]CCC.CCC[CH2][Sn+2][CH2]CCC. The summed E-state index contributed by atoms with van der Waals surface area (Å²) in [5.41, 5.74) is -0.603. The Morgan fingerprint density at radius 3 is 0.758 bits per heavy atom. The molecule has 0 atom stereocenters. The van der Waals surface area contributed by atoms with Crippen LogP contribution in [0.5, 0.6) is 0 Å². The van der Waals surface area contributed by atoms with Crippen LogP contribution in [0.15, 0.2) is 46.6 Å². The van der Waals surface area contributed by atoms with Gasteiger partial charge in [-0.25, -0.2) is 19.2 Å². The summed E-state index contributed by atoms with van der Waals surface area (Å²) in [6.07, 6.45) is 18.0. The van der Waals surface area contributed by atoms with Crippen molar-refractivity contribution in [1.29, 1.82) is 0 Å². The number of carboxylic acid groups (broad SMARTS) is 8. The van der Waals surface area contributed by atoms with Crippen LogP contribution < -0.4 is 20.4 Å². The number of aliphatic carboxylic acids is 8. The van der Waals surface area contributed by atoms with Crippen molar-refractivity contribution in [2.75, 3.05) is 0 Å². The van der Waals surface area contributed by atoms with Crippen molar-refractivity contribution >= 4 is 90.0 Å². The molecule has 0 saturated heterocycles. The van der Waals surface area contributed by atoms with Gasteiger partial charge in [0.25, 0.3) is 0 Å². The van der Waals surface area contributed by atoms with Gasteiger partial charge in [-0.15, -0.1) is 0 Å². The Morgan fingerprint density at radius 1 is 0.387 bits per heavy atom. The molecule has 0 unspecified atom stereocenters. The van der Waals surface area contributed by atoms with Crippen LogP contribution in [0.1, 0.15) is 158 Å². The van der Waals surface area contributed by atoms with Crippen LogP contribution in [0.25, 0.3) is 0 Å². The maximum absolute atomic E-state index is 10.3. The number of carbonyl (C=O) groups excluding carboxylic acids is 4. The first-order chi connectivity index (χ1) is 29.1. The Kier molecular flexibility index (Phi) is 60.3. The number of carbonyl (C=O) groups is 8. The van der Waals surface area contributed by atoms with Crippen LogP contribution in [0.3, 0.4) is 0 Å². The van der Waals surface area contributed by atoms with Crippen LogP contribution in [-0.4, -0.2) is 110 Å². The number of unbranched alkanes of at least 4 members (excludes halogenated alkanes) is 6. The first-order valence-electron chi connectivity index (χ1n) is 21.1. The Morgan fingerprint density at radius 2 is 0.629 bits per heavy atom. The molecule has 4 N–H and O–H groups in total. The zero-order chi connectivity index (χ0) is 49.3. The average Bonchev–Trinajstić information content (AvgIpc) is 3.19. The van der Waals surface area contributed by atoms with Crippen LogP contribution >= 0.6 is 0 Å². The van der Waals surface area contributed by atoms with Gasteiger partial charge in [-0.05, 0) is 61.8 Å². The summed E-state index contributed by atoms with van der Waals surface area (Å²) in [5, 5.41) is 73.4. The molecule has 0 aliphatic carbocycles. The average molecular weight is 1090 g/mol. The van der Waals surface area contributed by atoms with Crippen LogP contribution in [0, 0.1) is 0 Å². The monoisotopic (exact) mass is 1100 g/mol. The van der Waals surface area contributed by atoms with E-state index >= 15 is 0 Å². The van der Waals surface area contributed by atoms with Gasteiger partial charge in [-0.2, -0.15) is 0 Å². The fourth-order valence-corrected chi connectivity index (χ4v) is 12.2. The molecule has 16 nitrogen and oxygen atoms in total. The van der Waals surface area contributed by atoms with E-state index < -0.39 is 47.8 Å². The molecule has 0 spiro atoms. The molecule has 0 aliphatic heterocycles. The van der Waals surface area contributed by atoms with Crippen molar-refractivity contribution in [2.24, 2.45) is 0 Å². The van der Waals surface area contributed by atoms with Crippen molar-refractivity contribution in [2.45, 2.75) is 176 Å². The van der Waals surface area contributed by atoms with Crippen LogP contribution in [0.2, 0.25) is 17.7 Å². The molecule has 0 aromatic carbocycles. The third-order valence-corrected chi connectivity index (χ3v) is 15.5. The summed E-state index contributed by atoms with van der Waals surface area (Å²) >= 11 is 0.299. The Labute approximate surface area is 389 Å². The summed E-state index contributed by atoms with van der Waals surface area (Å²) < 4.78 is 6.50. The molecule has 0 radical (unpaired) electrons. The molecular weight excluding hydrogens is 1020 g/mol. The van der Waals surface area contributed by atoms with Gasteiger partial charge in [-0.1, -0.05) is 40.5 Å². The van der Waals surface area contributed by atoms with Crippen molar-refractivity contribution in [3.8, 4) is 0 Å². The summed E-state index contributed by atoms with van der Waals surface area (Å²) in [6.45, 7) is 16.1. The summed E-state index contributed by atoms with van der Waals surface area (Å²) in [7, 11) is 0. The van der Waals surface area contributed by atoms with Crippen molar-refractivity contribution in [1.82, 2.24) is 0 Å². The molecule has 352 valence electrons. The van der Waals surface area contributed by atoms with Crippen molar-refractivity contribution in [3.63, 3.8) is 0 Å². The standard InChI is InChI=1S/2C8H12O4.2C6H8O4.4C4H9.2Sn/c2*1-2-3-4-6(8(11)12)5-7(9)10;2*1-2-4(6(9)10)3-5(7)8;4*1-3-4-2;;/h2*5H,2-4H2,1H3,(H,9,10)(H,11,12);2*3H,2H2,1H3,(H,7,8)(H,9,10);4*1,3-4H2,2H3;;/q;;;;;;;;2*+2/p-4/b2*6-5-;2*4-3-;;;;;;. The van der Waals surface area contributed by atoms with E-state index in [0.29, 0.717) is 37.1 Å². The van der Waals surface area contributed by atoms with E-state index in [1.54, 1.807) is 31.6 Å². The van der Waals surface area contributed by atoms with E-state index in [0.717, 1.165) is 12.8 Å². The second kappa shape index (κ2) is 53.5. The molecule has 0 aromatic rings. The molecule has 0 amide bonds. The minimum atomic E-state index is -1.50. The zero-order valence-corrected chi connectivity index (χ0v) is 43.8. The second-order valence-electron chi connectivity index (χ2n) is 13.0. The molecular formula is C44H72O16Sn2. The summed E-state index contributed by atoms with van der Waals surface area (Å²) in [6, 6.07) is 0. The van der Waals surface area contributed by atoms with Gasteiger partial charge in [0.05, 0.1) is 23.9 Å². The van der Waals surface area contributed by atoms with E-state index in [-0.39, 0.29) is 90.3 Å². The zero-order valence-electron chi connectivity index (χ0n) is 38.1. The molecule has 18 heteroatoms. The number of hydrogen-bond acceptors (Lipinski definition) is 12. The fourth-order valence-electron chi connectivity index (χ4n) is 3.87. The van der Waals surface area contributed by atoms with Gasteiger partial charge in [0.2, 0.25) is 0 Å². The summed E-state index contributed by atoms with van der Waals surface area (Å²) in [4.78, 5) is 80.7. The van der Waals surface area contributed by atoms with Crippen molar-refractivity contribution in [3.05, 3.63) is 46.6 Å². The molecule has 0 fully saturated rings. The molecule has 0 rings (SSSR count). The van der Waals surface area contributed by atoms with E-state index in [2.05, 4.69) is 27.7 Å². The van der Waals surface area contributed by atoms with Crippen LogP contribution in [-0.2, 0) is 38.4 Å². The molecule has 62 heavy (non-hydrogen) atoms. The molecule has 0 bridgehead atoms. The van der Waals surface area contributed by atoms with Gasteiger partial charge < -0.3 is 60.0 Å². The van der Waals surface area contributed by atoms with Crippen molar-refractivity contribution < 1.29 is 79.2 Å². The molecule has 0 aliphatic rings. The number of carboxylic acids is 8.